The normalized spacial score (nSPS) is 17.3. The lowest BCUT2D eigenvalue weighted by Gasteiger charge is -2.15. The van der Waals surface area contributed by atoms with Crippen LogP contribution in [0.3, 0.4) is 0 Å². The predicted octanol–water partition coefficient (Wildman–Crippen LogP) is 3.28. The van der Waals surface area contributed by atoms with Crippen LogP contribution in [0.2, 0.25) is 0 Å². The third kappa shape index (κ3) is 5.98. The van der Waals surface area contributed by atoms with E-state index in [0.717, 1.165) is 41.6 Å². The number of aryl methyl sites for hydroxylation is 1. The van der Waals surface area contributed by atoms with Gasteiger partial charge in [-0.05, 0) is 39.4 Å². The minimum Gasteiger partial charge on any atom is -0.496 e. The predicted molar refractivity (Wildman–Crippen MR) is 114 cm³/mol. The van der Waals surface area contributed by atoms with Gasteiger partial charge in [-0.1, -0.05) is 0 Å². The molecule has 1 fully saturated rings. The number of guanidine groups is 1. The summed E-state index contributed by atoms with van der Waals surface area (Å²) in [5, 5.41) is 7.46. The zero-order valence-corrected chi connectivity index (χ0v) is 18.2. The van der Waals surface area contributed by atoms with Crippen molar-refractivity contribution in [1.82, 2.24) is 15.6 Å². The second kappa shape index (κ2) is 11.0. The Balaban J connectivity index is 0.00000288. The first kappa shape index (κ1) is 21.3. The summed E-state index contributed by atoms with van der Waals surface area (Å²) in [6.07, 6.45) is 4.48. The Morgan fingerprint density at radius 2 is 2.21 bits per heavy atom. The van der Waals surface area contributed by atoms with Gasteiger partial charge in [0, 0.05) is 35.7 Å². The number of pyridine rings is 1. The van der Waals surface area contributed by atoms with Crippen molar-refractivity contribution in [3.63, 3.8) is 0 Å². The molecule has 0 spiro atoms. The van der Waals surface area contributed by atoms with E-state index < -0.39 is 0 Å². The van der Waals surface area contributed by atoms with Gasteiger partial charge in [-0.25, -0.2) is 4.99 Å². The quantitative estimate of drug-likeness (QED) is 0.385. The molecule has 1 unspecified atom stereocenters. The summed E-state index contributed by atoms with van der Waals surface area (Å²) in [4.78, 5) is 9.19. The summed E-state index contributed by atoms with van der Waals surface area (Å²) in [6.45, 7) is 8.51. The standard InChI is InChI=1S/C17H28N4OS.HI/c1-5-18-17(20-10-14-7-6-8-23-14)21-11-15-13(3)16(22-4)12(2)9-19-15;/h9,14H,5-8,10-11H2,1-4H3,(H2,18,20,21);1H. The molecule has 136 valence electrons. The van der Waals surface area contributed by atoms with Crippen LogP contribution < -0.4 is 15.4 Å². The maximum absolute atomic E-state index is 5.46. The fourth-order valence-corrected chi connectivity index (χ4v) is 3.94. The summed E-state index contributed by atoms with van der Waals surface area (Å²) in [6, 6.07) is 0. The number of aliphatic imine (C=N–C) groups is 1. The van der Waals surface area contributed by atoms with E-state index in [0.29, 0.717) is 11.8 Å². The number of hydrogen-bond acceptors (Lipinski definition) is 4. The van der Waals surface area contributed by atoms with Crippen molar-refractivity contribution in [3.8, 4) is 5.75 Å². The third-order valence-corrected chi connectivity index (χ3v) is 5.40. The van der Waals surface area contributed by atoms with Crippen LogP contribution in [0.1, 0.15) is 36.6 Å². The molecule has 1 atom stereocenters. The average molecular weight is 464 g/mol. The molecular weight excluding hydrogens is 435 g/mol. The third-order valence-electron chi connectivity index (χ3n) is 4.00. The topological polar surface area (TPSA) is 58.5 Å². The number of nitrogens with one attached hydrogen (secondary N) is 2. The van der Waals surface area contributed by atoms with Gasteiger partial charge in [0.15, 0.2) is 5.96 Å². The second-order valence-electron chi connectivity index (χ2n) is 5.76. The molecule has 2 heterocycles. The SMILES string of the molecule is CCNC(=NCc1ncc(C)c(OC)c1C)NCC1CCCS1.I. The lowest BCUT2D eigenvalue weighted by molar-refractivity contribution is 0.407. The molecule has 1 saturated heterocycles. The Kier molecular flexibility index (Phi) is 9.80. The average Bonchev–Trinajstić information content (AvgIpc) is 3.05. The molecule has 1 aromatic heterocycles. The summed E-state index contributed by atoms with van der Waals surface area (Å²) >= 11 is 2.05. The molecule has 24 heavy (non-hydrogen) atoms. The van der Waals surface area contributed by atoms with Crippen molar-refractivity contribution < 1.29 is 4.74 Å². The maximum Gasteiger partial charge on any atom is 0.191 e. The van der Waals surface area contributed by atoms with Crippen LogP contribution in [0, 0.1) is 13.8 Å². The van der Waals surface area contributed by atoms with E-state index in [9.17, 15) is 0 Å². The van der Waals surface area contributed by atoms with Crippen LogP contribution in [0.25, 0.3) is 0 Å². The highest BCUT2D eigenvalue weighted by Crippen LogP contribution is 2.25. The van der Waals surface area contributed by atoms with Gasteiger partial charge in [-0.15, -0.1) is 24.0 Å². The van der Waals surface area contributed by atoms with E-state index in [1.807, 2.05) is 20.0 Å². The Morgan fingerprint density at radius 3 is 2.83 bits per heavy atom. The Labute approximate surface area is 166 Å². The molecule has 0 amide bonds. The number of nitrogens with zero attached hydrogens (tertiary/aromatic N) is 2. The van der Waals surface area contributed by atoms with E-state index in [4.69, 9.17) is 4.74 Å². The number of rotatable bonds is 6. The number of methoxy groups -OCH3 is 1. The fourth-order valence-electron chi connectivity index (χ4n) is 2.74. The van der Waals surface area contributed by atoms with Crippen LogP contribution in [-0.2, 0) is 6.54 Å². The van der Waals surface area contributed by atoms with Gasteiger partial charge in [-0.2, -0.15) is 11.8 Å². The molecule has 1 aliphatic rings. The largest absolute Gasteiger partial charge is 0.496 e. The highest BCUT2D eigenvalue weighted by Gasteiger charge is 2.15. The maximum atomic E-state index is 5.46. The fraction of sp³-hybridized carbons (Fsp3) is 0.647. The summed E-state index contributed by atoms with van der Waals surface area (Å²) in [7, 11) is 1.70. The van der Waals surface area contributed by atoms with Crippen molar-refractivity contribution >= 4 is 41.7 Å². The molecule has 2 N–H and O–H groups in total. The van der Waals surface area contributed by atoms with Gasteiger partial charge in [0.1, 0.15) is 5.75 Å². The van der Waals surface area contributed by atoms with E-state index in [-0.39, 0.29) is 24.0 Å². The van der Waals surface area contributed by atoms with Gasteiger partial charge in [0.05, 0.1) is 19.3 Å². The Morgan fingerprint density at radius 1 is 1.42 bits per heavy atom. The molecule has 0 saturated carbocycles. The molecular formula is C17H29IN4OS. The molecule has 0 radical (unpaired) electrons. The molecule has 0 aliphatic carbocycles. The highest BCUT2D eigenvalue weighted by atomic mass is 127. The zero-order valence-electron chi connectivity index (χ0n) is 15.0. The van der Waals surface area contributed by atoms with Crippen molar-refractivity contribution in [1.29, 1.82) is 0 Å². The molecule has 2 rings (SSSR count). The van der Waals surface area contributed by atoms with Gasteiger partial charge < -0.3 is 15.4 Å². The van der Waals surface area contributed by atoms with Gasteiger partial charge in [0.25, 0.3) is 0 Å². The number of aromatic nitrogens is 1. The van der Waals surface area contributed by atoms with Crippen LogP contribution >= 0.6 is 35.7 Å². The lowest BCUT2D eigenvalue weighted by Crippen LogP contribution is -2.40. The van der Waals surface area contributed by atoms with Crippen LogP contribution in [0.4, 0.5) is 0 Å². The minimum absolute atomic E-state index is 0. The monoisotopic (exact) mass is 464 g/mol. The zero-order chi connectivity index (χ0) is 16.7. The minimum atomic E-state index is 0. The smallest absolute Gasteiger partial charge is 0.191 e. The van der Waals surface area contributed by atoms with E-state index in [1.165, 1.54) is 18.6 Å². The number of halogens is 1. The summed E-state index contributed by atoms with van der Waals surface area (Å²) < 4.78 is 5.46. The van der Waals surface area contributed by atoms with Crippen molar-refractivity contribution in [2.45, 2.75) is 45.4 Å². The molecule has 1 aliphatic heterocycles. The molecule has 5 nitrogen and oxygen atoms in total. The van der Waals surface area contributed by atoms with E-state index in [2.05, 4.69) is 39.3 Å². The van der Waals surface area contributed by atoms with E-state index in [1.54, 1.807) is 7.11 Å². The van der Waals surface area contributed by atoms with Gasteiger partial charge in [0.2, 0.25) is 0 Å². The highest BCUT2D eigenvalue weighted by molar-refractivity contribution is 14.0. The Hall–Kier alpha value is -0.700. The molecule has 1 aromatic rings. The number of ether oxygens (including phenoxy) is 1. The van der Waals surface area contributed by atoms with Crippen molar-refractivity contribution in [2.75, 3.05) is 26.0 Å². The van der Waals surface area contributed by atoms with Crippen molar-refractivity contribution in [3.05, 3.63) is 23.0 Å². The first-order valence-electron chi connectivity index (χ1n) is 8.28. The van der Waals surface area contributed by atoms with E-state index >= 15 is 0 Å². The first-order chi connectivity index (χ1) is 11.2. The molecule has 0 bridgehead atoms. The lowest BCUT2D eigenvalue weighted by atomic mass is 10.1. The number of hydrogen-bond donors (Lipinski definition) is 2. The summed E-state index contributed by atoms with van der Waals surface area (Å²) in [5.41, 5.74) is 3.08. The van der Waals surface area contributed by atoms with Crippen LogP contribution in [-0.4, -0.2) is 42.1 Å². The van der Waals surface area contributed by atoms with Crippen molar-refractivity contribution in [2.24, 2.45) is 4.99 Å². The van der Waals surface area contributed by atoms with Gasteiger partial charge in [-0.3, -0.25) is 4.98 Å². The van der Waals surface area contributed by atoms with Crippen LogP contribution in [0.5, 0.6) is 5.75 Å². The Bertz CT molecular complexity index is 548. The molecule has 0 aromatic carbocycles. The molecule has 7 heteroatoms. The number of thioether (sulfide) groups is 1. The van der Waals surface area contributed by atoms with Crippen LogP contribution in [0.15, 0.2) is 11.2 Å². The van der Waals surface area contributed by atoms with Gasteiger partial charge >= 0.3 is 0 Å². The first-order valence-corrected chi connectivity index (χ1v) is 9.33. The summed E-state index contributed by atoms with van der Waals surface area (Å²) in [5.74, 6) is 3.05. The second-order valence-corrected chi connectivity index (χ2v) is 7.17.